The molecule has 0 saturated carbocycles. The third-order valence-electron chi connectivity index (χ3n) is 4.28. The van der Waals surface area contributed by atoms with E-state index < -0.39 is 0 Å². The average molecular weight is 290 g/mol. The molecule has 0 bridgehead atoms. The van der Waals surface area contributed by atoms with E-state index in [-0.39, 0.29) is 0 Å². The summed E-state index contributed by atoms with van der Waals surface area (Å²) in [5.41, 5.74) is 5.79. The van der Waals surface area contributed by atoms with Gasteiger partial charge in [0.15, 0.2) is 0 Å². The van der Waals surface area contributed by atoms with E-state index in [0.717, 1.165) is 5.92 Å². The van der Waals surface area contributed by atoms with Crippen molar-refractivity contribution in [1.29, 1.82) is 0 Å². The molecule has 2 aromatic carbocycles. The molecule has 0 aliphatic heterocycles. The molecule has 1 aliphatic rings. The van der Waals surface area contributed by atoms with E-state index in [1.54, 1.807) is 10.4 Å². The lowest BCUT2D eigenvalue weighted by atomic mass is 9.96. The third-order valence-corrected chi connectivity index (χ3v) is 5.58. The maximum absolute atomic E-state index is 2.36. The van der Waals surface area contributed by atoms with Crippen molar-refractivity contribution in [3.63, 3.8) is 0 Å². The smallest absolute Gasteiger partial charge is 0.0426 e. The molecule has 0 nitrogen and oxygen atoms in total. The monoisotopic (exact) mass is 290 g/mol. The fourth-order valence-corrected chi connectivity index (χ4v) is 4.85. The van der Waals surface area contributed by atoms with Gasteiger partial charge >= 0.3 is 0 Å². The molecule has 0 radical (unpaired) electrons. The standard InChI is InChI=1S/C20H18S/c1-14-12-17-18(13-14)21-20(16-10-6-3-7-11-16)19(17)15-8-4-2-5-9-15/h2-11,14H,12-13H2,1H3. The number of fused-ring (bicyclic) bond motifs is 1. The van der Waals surface area contributed by atoms with Crippen molar-refractivity contribution in [2.75, 3.05) is 0 Å². The van der Waals surface area contributed by atoms with Crippen molar-refractivity contribution in [2.45, 2.75) is 19.8 Å². The van der Waals surface area contributed by atoms with Gasteiger partial charge < -0.3 is 0 Å². The molecule has 1 heterocycles. The van der Waals surface area contributed by atoms with E-state index in [4.69, 9.17) is 0 Å². The zero-order valence-electron chi connectivity index (χ0n) is 12.2. The molecule has 0 saturated heterocycles. The summed E-state index contributed by atoms with van der Waals surface area (Å²) in [4.78, 5) is 3.04. The van der Waals surface area contributed by atoms with Crippen LogP contribution in [0.5, 0.6) is 0 Å². The molecule has 0 N–H and O–H groups in total. The Labute approximate surface area is 130 Å². The molecule has 4 rings (SSSR count). The fourth-order valence-electron chi connectivity index (χ4n) is 3.33. The van der Waals surface area contributed by atoms with Crippen molar-refractivity contribution in [3.8, 4) is 21.6 Å². The summed E-state index contributed by atoms with van der Waals surface area (Å²) in [7, 11) is 0. The van der Waals surface area contributed by atoms with Crippen LogP contribution in [-0.4, -0.2) is 0 Å². The quantitative estimate of drug-likeness (QED) is 0.558. The molecule has 0 spiro atoms. The largest absolute Gasteiger partial charge is 0.139 e. The Balaban J connectivity index is 1.95. The number of hydrogen-bond acceptors (Lipinski definition) is 1. The highest BCUT2D eigenvalue weighted by molar-refractivity contribution is 7.16. The lowest BCUT2D eigenvalue weighted by Gasteiger charge is -2.08. The molecule has 1 atom stereocenters. The SMILES string of the molecule is CC1Cc2sc(-c3ccccc3)c(-c3ccccc3)c2C1. The Bertz CT molecular complexity index is 753. The van der Waals surface area contributed by atoms with E-state index in [1.165, 1.54) is 34.4 Å². The Morgan fingerprint density at radius 1 is 0.810 bits per heavy atom. The number of rotatable bonds is 2. The van der Waals surface area contributed by atoms with Gasteiger partial charge in [-0.2, -0.15) is 0 Å². The van der Waals surface area contributed by atoms with E-state index >= 15 is 0 Å². The first-order chi connectivity index (χ1) is 10.3. The van der Waals surface area contributed by atoms with Crippen LogP contribution < -0.4 is 0 Å². The lowest BCUT2D eigenvalue weighted by Crippen LogP contribution is -1.92. The molecule has 0 amide bonds. The molecule has 104 valence electrons. The van der Waals surface area contributed by atoms with Crippen molar-refractivity contribution in [3.05, 3.63) is 71.1 Å². The summed E-state index contributed by atoms with van der Waals surface area (Å²) in [5.74, 6) is 0.790. The Morgan fingerprint density at radius 3 is 2.10 bits per heavy atom. The predicted octanol–water partition coefficient (Wildman–Crippen LogP) is 5.82. The van der Waals surface area contributed by atoms with Gasteiger partial charge in [-0.05, 0) is 35.4 Å². The highest BCUT2D eigenvalue weighted by Gasteiger charge is 2.27. The van der Waals surface area contributed by atoms with Crippen molar-refractivity contribution >= 4 is 11.3 Å². The van der Waals surface area contributed by atoms with Gasteiger partial charge in [0.1, 0.15) is 0 Å². The zero-order chi connectivity index (χ0) is 14.2. The summed E-state index contributed by atoms with van der Waals surface area (Å²) < 4.78 is 0. The second kappa shape index (κ2) is 5.16. The van der Waals surface area contributed by atoms with E-state index in [9.17, 15) is 0 Å². The van der Waals surface area contributed by atoms with Gasteiger partial charge in [0, 0.05) is 15.3 Å². The Morgan fingerprint density at radius 2 is 1.43 bits per heavy atom. The molecule has 3 aromatic rings. The molecular formula is C20H18S. The summed E-state index contributed by atoms with van der Waals surface area (Å²) in [6.07, 6.45) is 2.47. The van der Waals surface area contributed by atoms with Crippen LogP contribution in [0, 0.1) is 5.92 Å². The number of thiophene rings is 1. The van der Waals surface area contributed by atoms with Crippen LogP contribution in [0.1, 0.15) is 17.4 Å². The normalized spacial score (nSPS) is 16.9. The van der Waals surface area contributed by atoms with E-state index in [2.05, 4.69) is 67.6 Å². The van der Waals surface area contributed by atoms with Crippen LogP contribution in [0.25, 0.3) is 21.6 Å². The van der Waals surface area contributed by atoms with Crippen LogP contribution >= 0.6 is 11.3 Å². The highest BCUT2D eigenvalue weighted by Crippen LogP contribution is 2.47. The van der Waals surface area contributed by atoms with Crippen molar-refractivity contribution < 1.29 is 0 Å². The number of hydrogen-bond donors (Lipinski definition) is 0. The second-order valence-electron chi connectivity index (χ2n) is 5.95. The van der Waals surface area contributed by atoms with Crippen LogP contribution in [0.2, 0.25) is 0 Å². The first-order valence-corrected chi connectivity index (χ1v) is 8.40. The van der Waals surface area contributed by atoms with Crippen LogP contribution in [0.4, 0.5) is 0 Å². The average Bonchev–Trinajstić information content (AvgIpc) is 3.05. The van der Waals surface area contributed by atoms with Crippen LogP contribution in [-0.2, 0) is 12.8 Å². The first-order valence-electron chi connectivity index (χ1n) is 7.58. The maximum Gasteiger partial charge on any atom is 0.0426 e. The molecule has 1 unspecified atom stereocenters. The van der Waals surface area contributed by atoms with Crippen molar-refractivity contribution in [1.82, 2.24) is 0 Å². The number of benzene rings is 2. The highest BCUT2D eigenvalue weighted by atomic mass is 32.1. The molecule has 21 heavy (non-hydrogen) atoms. The summed E-state index contributed by atoms with van der Waals surface area (Å²) in [5, 5.41) is 0. The van der Waals surface area contributed by atoms with E-state index in [0.29, 0.717) is 0 Å². The summed E-state index contributed by atoms with van der Waals surface area (Å²) in [6.45, 7) is 2.36. The van der Waals surface area contributed by atoms with Gasteiger partial charge in [-0.25, -0.2) is 0 Å². The summed E-state index contributed by atoms with van der Waals surface area (Å²) in [6, 6.07) is 21.7. The molecule has 1 heteroatoms. The lowest BCUT2D eigenvalue weighted by molar-refractivity contribution is 0.630. The van der Waals surface area contributed by atoms with E-state index in [1.807, 2.05) is 11.3 Å². The first kappa shape index (κ1) is 12.8. The molecular weight excluding hydrogens is 272 g/mol. The Hall–Kier alpha value is -1.86. The third kappa shape index (κ3) is 2.22. The minimum atomic E-state index is 0.790. The van der Waals surface area contributed by atoms with Gasteiger partial charge in [-0.1, -0.05) is 67.6 Å². The molecule has 1 aliphatic carbocycles. The van der Waals surface area contributed by atoms with Gasteiger partial charge in [0.05, 0.1) is 0 Å². The minimum absolute atomic E-state index is 0.790. The topological polar surface area (TPSA) is 0 Å². The van der Waals surface area contributed by atoms with Crippen LogP contribution in [0.3, 0.4) is 0 Å². The zero-order valence-corrected chi connectivity index (χ0v) is 13.0. The molecule has 1 aromatic heterocycles. The second-order valence-corrected chi connectivity index (χ2v) is 7.06. The van der Waals surface area contributed by atoms with Gasteiger partial charge in [-0.15, -0.1) is 11.3 Å². The van der Waals surface area contributed by atoms with Crippen LogP contribution in [0.15, 0.2) is 60.7 Å². The van der Waals surface area contributed by atoms with Gasteiger partial charge in [0.25, 0.3) is 0 Å². The predicted molar refractivity (Wildman–Crippen MR) is 91.8 cm³/mol. The van der Waals surface area contributed by atoms with Gasteiger partial charge in [0.2, 0.25) is 0 Å². The Kier molecular flexibility index (Phi) is 3.16. The molecule has 0 fully saturated rings. The van der Waals surface area contributed by atoms with Crippen molar-refractivity contribution in [2.24, 2.45) is 5.92 Å². The maximum atomic E-state index is 2.36. The fraction of sp³-hybridized carbons (Fsp3) is 0.200. The minimum Gasteiger partial charge on any atom is -0.139 e. The summed E-state index contributed by atoms with van der Waals surface area (Å²) >= 11 is 2.00. The van der Waals surface area contributed by atoms with Gasteiger partial charge in [-0.3, -0.25) is 0 Å².